The largest absolute Gasteiger partial charge is 0.378 e. The van der Waals surface area contributed by atoms with E-state index in [0.717, 1.165) is 40.5 Å². The molecule has 138 valence electrons. The summed E-state index contributed by atoms with van der Waals surface area (Å²) < 4.78 is 7.19. The fraction of sp³-hybridized carbons (Fsp3) is 0.353. The molecule has 1 aliphatic rings. The average molecular weight is 395 g/mol. The lowest BCUT2D eigenvalue weighted by Crippen LogP contribution is -2.37. The van der Waals surface area contributed by atoms with Crippen LogP contribution in [0.4, 0.5) is 11.8 Å². The molecule has 0 aliphatic carbocycles. The quantitative estimate of drug-likeness (QED) is 0.733. The van der Waals surface area contributed by atoms with Crippen molar-refractivity contribution >= 4 is 46.8 Å². The number of aromatic nitrogens is 4. The van der Waals surface area contributed by atoms with E-state index in [1.165, 1.54) is 0 Å². The number of ether oxygens (including phenoxy) is 1. The molecule has 1 N–H and O–H groups in total. The normalized spacial score (nSPS) is 14.3. The summed E-state index contributed by atoms with van der Waals surface area (Å²) >= 11 is 6.25. The van der Waals surface area contributed by atoms with Gasteiger partial charge < -0.3 is 15.0 Å². The van der Waals surface area contributed by atoms with Crippen LogP contribution in [0.25, 0.3) is 11.0 Å². The predicted octanol–water partition coefficient (Wildman–Crippen LogP) is 2.89. The van der Waals surface area contributed by atoms with Crippen molar-refractivity contribution in [3.8, 4) is 0 Å². The molecule has 9 heteroatoms. The van der Waals surface area contributed by atoms with E-state index in [-0.39, 0.29) is 12.4 Å². The van der Waals surface area contributed by atoms with Gasteiger partial charge in [0.25, 0.3) is 0 Å². The molecule has 1 aliphatic heterocycles. The highest BCUT2D eigenvalue weighted by molar-refractivity contribution is 6.31. The molecule has 0 amide bonds. The number of hydrogen-bond donors (Lipinski definition) is 1. The molecule has 1 saturated heterocycles. The van der Waals surface area contributed by atoms with Crippen LogP contribution in [0.15, 0.2) is 30.5 Å². The van der Waals surface area contributed by atoms with Crippen LogP contribution in [-0.2, 0) is 18.3 Å². The van der Waals surface area contributed by atoms with Gasteiger partial charge in [-0.05, 0) is 11.6 Å². The minimum Gasteiger partial charge on any atom is -0.378 e. The van der Waals surface area contributed by atoms with Crippen molar-refractivity contribution in [1.29, 1.82) is 0 Å². The summed E-state index contributed by atoms with van der Waals surface area (Å²) in [5.41, 5.74) is 1.82. The van der Waals surface area contributed by atoms with E-state index in [9.17, 15) is 0 Å². The lowest BCUT2D eigenvalue weighted by Gasteiger charge is -2.27. The van der Waals surface area contributed by atoms with Gasteiger partial charge in [0.15, 0.2) is 5.65 Å². The number of nitrogens with zero attached hydrogens (tertiary/aromatic N) is 5. The first-order chi connectivity index (χ1) is 12.2. The summed E-state index contributed by atoms with van der Waals surface area (Å²) in [6.45, 7) is 3.54. The van der Waals surface area contributed by atoms with Gasteiger partial charge in [-0.25, -0.2) is 0 Å². The lowest BCUT2D eigenvalue weighted by molar-refractivity contribution is 0.122. The molecule has 26 heavy (non-hydrogen) atoms. The van der Waals surface area contributed by atoms with Crippen LogP contribution in [-0.4, -0.2) is 46.1 Å². The molecule has 0 bridgehead atoms. The number of halogens is 2. The van der Waals surface area contributed by atoms with Crippen LogP contribution < -0.4 is 10.2 Å². The van der Waals surface area contributed by atoms with Crippen LogP contribution in [0, 0.1) is 0 Å². The topological polar surface area (TPSA) is 68.1 Å². The third-order valence-corrected chi connectivity index (χ3v) is 4.65. The second-order valence-corrected chi connectivity index (χ2v) is 6.33. The number of benzene rings is 1. The molecule has 1 fully saturated rings. The van der Waals surface area contributed by atoms with Crippen molar-refractivity contribution < 1.29 is 4.74 Å². The Morgan fingerprint density at radius 3 is 2.73 bits per heavy atom. The van der Waals surface area contributed by atoms with Crippen molar-refractivity contribution in [1.82, 2.24) is 19.7 Å². The van der Waals surface area contributed by atoms with Crippen molar-refractivity contribution in [3.05, 3.63) is 41.0 Å². The SMILES string of the molecule is Cl.Cn1ncc2c(NCc3ccccc3Cl)nc(N3CCOCC3)nc21. The Bertz CT molecular complexity index is 894. The number of rotatable bonds is 4. The van der Waals surface area contributed by atoms with E-state index in [1.807, 2.05) is 31.3 Å². The predicted molar refractivity (Wildman–Crippen MR) is 105 cm³/mol. The maximum Gasteiger partial charge on any atom is 0.229 e. The molecule has 0 radical (unpaired) electrons. The Kier molecular flexibility index (Phi) is 5.80. The summed E-state index contributed by atoms with van der Waals surface area (Å²) in [4.78, 5) is 11.6. The van der Waals surface area contributed by atoms with Gasteiger partial charge in [0.05, 0.1) is 24.8 Å². The fourth-order valence-electron chi connectivity index (χ4n) is 2.87. The molecule has 2 aromatic heterocycles. The standard InChI is InChI=1S/C17H19ClN6O.ClH/c1-23-16-13(11-20-23)15(19-10-12-4-2-3-5-14(12)18)21-17(22-16)24-6-8-25-9-7-24;/h2-5,11H,6-10H2,1H3,(H,19,21,22);1H. The fourth-order valence-corrected chi connectivity index (χ4v) is 3.07. The molecule has 1 aromatic carbocycles. The van der Waals surface area contributed by atoms with Crippen molar-refractivity contribution in [3.63, 3.8) is 0 Å². The smallest absolute Gasteiger partial charge is 0.229 e. The average Bonchev–Trinajstić information content (AvgIpc) is 3.03. The second-order valence-electron chi connectivity index (χ2n) is 5.92. The van der Waals surface area contributed by atoms with Gasteiger partial charge >= 0.3 is 0 Å². The van der Waals surface area contributed by atoms with Crippen molar-refractivity contribution in [2.75, 3.05) is 36.5 Å². The number of morpholine rings is 1. The molecular formula is C17H20Cl2N6O. The molecule has 4 rings (SSSR count). The minimum atomic E-state index is 0. The summed E-state index contributed by atoms with van der Waals surface area (Å²) in [5, 5.41) is 9.34. The van der Waals surface area contributed by atoms with Gasteiger partial charge in [0.1, 0.15) is 5.82 Å². The van der Waals surface area contributed by atoms with Crippen molar-refractivity contribution in [2.45, 2.75) is 6.54 Å². The van der Waals surface area contributed by atoms with E-state index < -0.39 is 0 Å². The van der Waals surface area contributed by atoms with Gasteiger partial charge in [-0.15, -0.1) is 12.4 Å². The van der Waals surface area contributed by atoms with Crippen LogP contribution >= 0.6 is 24.0 Å². The van der Waals surface area contributed by atoms with E-state index in [4.69, 9.17) is 21.3 Å². The van der Waals surface area contributed by atoms with Gasteiger partial charge in [-0.3, -0.25) is 4.68 Å². The Morgan fingerprint density at radius 2 is 1.96 bits per heavy atom. The van der Waals surface area contributed by atoms with Crippen LogP contribution in [0.1, 0.15) is 5.56 Å². The van der Waals surface area contributed by atoms with Gasteiger partial charge in [0.2, 0.25) is 5.95 Å². The monoisotopic (exact) mass is 394 g/mol. The van der Waals surface area contributed by atoms with E-state index >= 15 is 0 Å². The lowest BCUT2D eigenvalue weighted by atomic mass is 10.2. The molecular weight excluding hydrogens is 375 g/mol. The van der Waals surface area contributed by atoms with Gasteiger partial charge in [-0.1, -0.05) is 29.8 Å². The summed E-state index contributed by atoms with van der Waals surface area (Å²) in [6, 6.07) is 7.78. The number of hydrogen-bond acceptors (Lipinski definition) is 6. The van der Waals surface area contributed by atoms with Crippen LogP contribution in [0.5, 0.6) is 0 Å². The summed E-state index contributed by atoms with van der Waals surface area (Å²) in [5.74, 6) is 1.46. The Labute approximate surface area is 162 Å². The van der Waals surface area contributed by atoms with E-state index in [2.05, 4.69) is 20.3 Å². The molecule has 3 aromatic rings. The van der Waals surface area contributed by atoms with Crippen LogP contribution in [0.2, 0.25) is 5.02 Å². The zero-order valence-corrected chi connectivity index (χ0v) is 15.9. The Balaban J connectivity index is 0.00000196. The van der Waals surface area contributed by atoms with E-state index in [1.54, 1.807) is 10.9 Å². The summed E-state index contributed by atoms with van der Waals surface area (Å²) in [7, 11) is 1.89. The minimum absolute atomic E-state index is 0. The number of aryl methyl sites for hydroxylation is 1. The first-order valence-corrected chi connectivity index (χ1v) is 8.60. The molecule has 7 nitrogen and oxygen atoms in total. The van der Waals surface area contributed by atoms with Crippen LogP contribution in [0.3, 0.4) is 0 Å². The highest BCUT2D eigenvalue weighted by atomic mass is 35.5. The molecule has 0 spiro atoms. The number of nitrogens with one attached hydrogen (secondary N) is 1. The van der Waals surface area contributed by atoms with E-state index in [0.29, 0.717) is 25.7 Å². The summed E-state index contributed by atoms with van der Waals surface area (Å²) in [6.07, 6.45) is 1.79. The molecule has 0 atom stereocenters. The molecule has 3 heterocycles. The first-order valence-electron chi connectivity index (χ1n) is 8.22. The highest BCUT2D eigenvalue weighted by Crippen LogP contribution is 2.25. The third-order valence-electron chi connectivity index (χ3n) is 4.28. The maximum absolute atomic E-state index is 6.25. The number of anilines is 2. The van der Waals surface area contributed by atoms with Gasteiger partial charge in [-0.2, -0.15) is 15.1 Å². The maximum atomic E-state index is 6.25. The third kappa shape index (κ3) is 3.70. The zero-order valence-electron chi connectivity index (χ0n) is 14.4. The zero-order chi connectivity index (χ0) is 17.2. The Hall–Kier alpha value is -2.09. The molecule has 0 saturated carbocycles. The van der Waals surface area contributed by atoms with Crippen molar-refractivity contribution in [2.24, 2.45) is 7.05 Å². The van der Waals surface area contributed by atoms with Gasteiger partial charge in [0, 0.05) is 31.7 Å². The first kappa shape index (κ1) is 18.7. The Morgan fingerprint density at radius 1 is 1.19 bits per heavy atom. The number of fused-ring (bicyclic) bond motifs is 1. The second kappa shape index (κ2) is 8.07. The highest BCUT2D eigenvalue weighted by Gasteiger charge is 2.18. The molecule has 0 unspecified atom stereocenters.